The van der Waals surface area contributed by atoms with Gasteiger partial charge in [0.15, 0.2) is 5.78 Å². The van der Waals surface area contributed by atoms with Crippen molar-refractivity contribution < 1.29 is 35.1 Å². The lowest BCUT2D eigenvalue weighted by Gasteiger charge is -2.26. The van der Waals surface area contributed by atoms with Gasteiger partial charge < -0.3 is 30.3 Å². The predicted octanol–water partition coefficient (Wildman–Crippen LogP) is 2.35. The van der Waals surface area contributed by atoms with Crippen molar-refractivity contribution in [2.45, 2.75) is 19.3 Å². The quantitative estimate of drug-likeness (QED) is 0.521. The van der Waals surface area contributed by atoms with Crippen LogP contribution < -0.4 is 4.74 Å². The lowest BCUT2D eigenvalue weighted by molar-refractivity contribution is 0.0889. The van der Waals surface area contributed by atoms with Gasteiger partial charge in [-0.1, -0.05) is 17.7 Å². The number of allylic oxidation sites excluding steroid dienone is 1. The molecule has 0 saturated heterocycles. The molecule has 3 rings (SSSR count). The van der Waals surface area contributed by atoms with Gasteiger partial charge in [0.05, 0.1) is 12.5 Å². The Balaban J connectivity index is 2.03. The molecule has 0 aromatic heterocycles. The summed E-state index contributed by atoms with van der Waals surface area (Å²) in [7, 11) is 0. The van der Waals surface area contributed by atoms with Crippen molar-refractivity contribution in [3.63, 3.8) is 0 Å². The molecule has 7 nitrogen and oxygen atoms in total. The number of aromatic hydroxyl groups is 4. The van der Waals surface area contributed by atoms with Gasteiger partial charge >= 0.3 is 0 Å². The van der Waals surface area contributed by atoms with Gasteiger partial charge in [-0.15, -0.1) is 0 Å². The summed E-state index contributed by atoms with van der Waals surface area (Å²) in [5.74, 6) is -2.25. The highest BCUT2D eigenvalue weighted by Gasteiger charge is 2.35. The topological polar surface area (TPSA) is 127 Å². The molecule has 5 N–H and O–H groups in total. The minimum Gasteiger partial charge on any atom is -0.508 e. The zero-order valence-electron chi connectivity index (χ0n) is 14.6. The van der Waals surface area contributed by atoms with E-state index in [1.807, 2.05) is 0 Å². The number of ether oxygens (including phenoxy) is 1. The minimum absolute atomic E-state index is 0.0659. The van der Waals surface area contributed by atoms with Crippen LogP contribution in [0.2, 0.25) is 0 Å². The van der Waals surface area contributed by atoms with Gasteiger partial charge in [-0.05, 0) is 19.4 Å². The first-order valence-corrected chi connectivity index (χ1v) is 8.36. The Kier molecular flexibility index (Phi) is 4.96. The van der Waals surface area contributed by atoms with Crippen LogP contribution in [-0.4, -0.2) is 44.5 Å². The SMILES string of the molecule is CC(=CCc1c(O)cc2c(c1O)C(=O)C(c1ccc(O)cc1O)CO2)CO. The number of ketones is 1. The number of fused-ring (bicyclic) bond motifs is 1. The van der Waals surface area contributed by atoms with E-state index in [0.29, 0.717) is 5.57 Å². The number of hydrogen-bond acceptors (Lipinski definition) is 7. The monoisotopic (exact) mass is 372 g/mol. The third kappa shape index (κ3) is 3.41. The summed E-state index contributed by atoms with van der Waals surface area (Å²) in [6, 6.07) is 5.18. The van der Waals surface area contributed by atoms with Gasteiger partial charge in [-0.2, -0.15) is 0 Å². The average molecular weight is 372 g/mol. The van der Waals surface area contributed by atoms with E-state index in [4.69, 9.17) is 9.84 Å². The molecule has 2 aromatic carbocycles. The van der Waals surface area contributed by atoms with Crippen LogP contribution in [0.4, 0.5) is 0 Å². The fourth-order valence-electron chi connectivity index (χ4n) is 3.05. The molecule has 27 heavy (non-hydrogen) atoms. The third-order valence-electron chi connectivity index (χ3n) is 4.61. The van der Waals surface area contributed by atoms with Gasteiger partial charge in [-0.25, -0.2) is 0 Å². The van der Waals surface area contributed by atoms with Gasteiger partial charge in [0.1, 0.15) is 40.9 Å². The van der Waals surface area contributed by atoms with Crippen LogP contribution in [0.3, 0.4) is 0 Å². The summed E-state index contributed by atoms with van der Waals surface area (Å²) < 4.78 is 5.54. The van der Waals surface area contributed by atoms with Crippen molar-refractivity contribution in [1.82, 2.24) is 0 Å². The van der Waals surface area contributed by atoms with E-state index in [0.717, 1.165) is 6.07 Å². The summed E-state index contributed by atoms with van der Waals surface area (Å²) in [5.41, 5.74) is 1.00. The van der Waals surface area contributed by atoms with E-state index in [1.54, 1.807) is 13.0 Å². The van der Waals surface area contributed by atoms with Crippen LogP contribution >= 0.6 is 0 Å². The summed E-state index contributed by atoms with van der Waals surface area (Å²) >= 11 is 0. The van der Waals surface area contributed by atoms with E-state index < -0.39 is 11.7 Å². The highest BCUT2D eigenvalue weighted by molar-refractivity contribution is 6.07. The number of rotatable bonds is 4. The molecule has 0 aliphatic carbocycles. The number of phenolic OH excluding ortho intramolecular Hbond substituents is 4. The number of Topliss-reactive ketones (excluding diaryl/α,β-unsaturated/α-hetero) is 1. The number of carbonyl (C=O) groups excluding carboxylic acids is 1. The maximum absolute atomic E-state index is 13.0. The molecule has 1 atom stereocenters. The number of benzene rings is 2. The summed E-state index contributed by atoms with van der Waals surface area (Å²) in [4.78, 5) is 13.0. The molecule has 1 heterocycles. The van der Waals surface area contributed by atoms with E-state index >= 15 is 0 Å². The normalized spacial score (nSPS) is 16.7. The predicted molar refractivity (Wildman–Crippen MR) is 96.7 cm³/mol. The molecule has 7 heteroatoms. The molecule has 0 bridgehead atoms. The molecular weight excluding hydrogens is 352 g/mol. The zero-order valence-corrected chi connectivity index (χ0v) is 14.6. The van der Waals surface area contributed by atoms with Gasteiger partial charge in [0.25, 0.3) is 0 Å². The Labute approximate surface area is 155 Å². The molecule has 0 amide bonds. The molecule has 2 aromatic rings. The van der Waals surface area contributed by atoms with E-state index in [9.17, 15) is 25.2 Å². The number of aliphatic hydroxyl groups excluding tert-OH is 1. The Morgan fingerprint density at radius 2 is 1.93 bits per heavy atom. The highest BCUT2D eigenvalue weighted by atomic mass is 16.5. The van der Waals surface area contributed by atoms with Crippen LogP contribution in [0.25, 0.3) is 0 Å². The van der Waals surface area contributed by atoms with Gasteiger partial charge in [-0.3, -0.25) is 4.79 Å². The van der Waals surface area contributed by atoms with Crippen LogP contribution in [0.15, 0.2) is 35.9 Å². The average Bonchev–Trinajstić information content (AvgIpc) is 2.62. The Morgan fingerprint density at radius 3 is 2.59 bits per heavy atom. The van der Waals surface area contributed by atoms with Crippen molar-refractivity contribution in [2.24, 2.45) is 0 Å². The Bertz CT molecular complexity index is 930. The van der Waals surface area contributed by atoms with Gasteiger partial charge in [0, 0.05) is 23.3 Å². The summed E-state index contributed by atoms with van der Waals surface area (Å²) in [5, 5.41) is 49.3. The van der Waals surface area contributed by atoms with E-state index in [-0.39, 0.29) is 65.1 Å². The molecule has 0 spiro atoms. The second-order valence-electron chi connectivity index (χ2n) is 6.48. The standard InChI is InChI=1S/C20H20O7/c1-10(8-21)2-4-13-16(24)7-17-18(19(13)25)20(26)14(9-27-17)12-5-3-11(22)6-15(12)23/h2-3,5-7,14,21-25H,4,8-9H2,1H3. The largest absolute Gasteiger partial charge is 0.508 e. The second kappa shape index (κ2) is 7.20. The molecule has 0 fully saturated rings. The van der Waals surface area contributed by atoms with E-state index in [2.05, 4.69) is 0 Å². The highest BCUT2D eigenvalue weighted by Crippen LogP contribution is 2.45. The van der Waals surface area contributed by atoms with Crippen LogP contribution in [-0.2, 0) is 6.42 Å². The Morgan fingerprint density at radius 1 is 1.19 bits per heavy atom. The van der Waals surface area contributed by atoms with Crippen LogP contribution in [0, 0.1) is 0 Å². The summed E-state index contributed by atoms with van der Waals surface area (Å²) in [6.07, 6.45) is 1.76. The molecule has 0 saturated carbocycles. The fraction of sp³-hybridized carbons (Fsp3) is 0.250. The maximum Gasteiger partial charge on any atom is 0.181 e. The first kappa shape index (κ1) is 18.6. The van der Waals surface area contributed by atoms with E-state index in [1.165, 1.54) is 18.2 Å². The number of hydrogen-bond donors (Lipinski definition) is 5. The van der Waals surface area contributed by atoms with Crippen molar-refractivity contribution in [3.05, 3.63) is 52.6 Å². The molecule has 1 unspecified atom stereocenters. The van der Waals surface area contributed by atoms with Crippen LogP contribution in [0.1, 0.15) is 34.3 Å². The molecule has 1 aliphatic heterocycles. The number of carbonyl (C=O) groups is 1. The minimum atomic E-state index is -0.865. The lowest BCUT2D eigenvalue weighted by atomic mass is 9.86. The van der Waals surface area contributed by atoms with Crippen molar-refractivity contribution >= 4 is 5.78 Å². The third-order valence-corrected chi connectivity index (χ3v) is 4.61. The van der Waals surface area contributed by atoms with Crippen LogP contribution in [0.5, 0.6) is 28.7 Å². The smallest absolute Gasteiger partial charge is 0.181 e. The zero-order chi connectivity index (χ0) is 19.7. The molecule has 1 aliphatic rings. The van der Waals surface area contributed by atoms with Crippen molar-refractivity contribution in [3.8, 4) is 28.7 Å². The Hall–Kier alpha value is -3.19. The van der Waals surface area contributed by atoms with Crippen molar-refractivity contribution in [1.29, 1.82) is 0 Å². The molecule has 0 radical (unpaired) electrons. The fourth-order valence-corrected chi connectivity index (χ4v) is 3.05. The number of aliphatic hydroxyl groups is 1. The maximum atomic E-state index is 13.0. The first-order chi connectivity index (χ1) is 12.8. The van der Waals surface area contributed by atoms with Crippen molar-refractivity contribution in [2.75, 3.05) is 13.2 Å². The first-order valence-electron chi connectivity index (χ1n) is 8.36. The lowest BCUT2D eigenvalue weighted by Crippen LogP contribution is -2.26. The molecule has 142 valence electrons. The summed E-state index contributed by atoms with van der Waals surface area (Å²) in [6.45, 7) is 1.47. The number of phenols is 4. The second-order valence-corrected chi connectivity index (χ2v) is 6.48. The van der Waals surface area contributed by atoms with Gasteiger partial charge in [0.2, 0.25) is 0 Å². The molecular formula is C20H20O7.